The number of nitrogens with zero attached hydrogens (tertiary/aromatic N) is 3. The molecule has 1 aromatic carbocycles. The molecule has 7 heteroatoms. The molecule has 2 aromatic rings. The lowest BCUT2D eigenvalue weighted by Crippen LogP contribution is -2.35. The second-order valence-corrected chi connectivity index (χ2v) is 6.56. The Bertz CT molecular complexity index is 879. The third-order valence-corrected chi connectivity index (χ3v) is 4.41. The van der Waals surface area contributed by atoms with Crippen LogP contribution >= 0.6 is 0 Å². The Morgan fingerprint density at radius 2 is 1.89 bits per heavy atom. The van der Waals surface area contributed by atoms with Crippen molar-refractivity contribution in [3.63, 3.8) is 0 Å². The number of benzene rings is 1. The lowest BCUT2D eigenvalue weighted by molar-refractivity contribution is -0.140. The van der Waals surface area contributed by atoms with Gasteiger partial charge in [0.2, 0.25) is 0 Å². The quantitative estimate of drug-likeness (QED) is 0.497. The molecule has 0 saturated carbocycles. The van der Waals surface area contributed by atoms with Crippen LogP contribution in [0.1, 0.15) is 17.3 Å². The highest BCUT2D eigenvalue weighted by Gasteiger charge is 2.46. The van der Waals surface area contributed by atoms with Crippen molar-refractivity contribution >= 4 is 17.4 Å². The largest absolute Gasteiger partial charge is 0.507 e. The van der Waals surface area contributed by atoms with Gasteiger partial charge in [0.1, 0.15) is 17.6 Å². The molecular formula is C20H20FN3O3. The summed E-state index contributed by atoms with van der Waals surface area (Å²) in [5.74, 6) is -2.25. The Morgan fingerprint density at radius 1 is 1.19 bits per heavy atom. The number of rotatable bonds is 5. The number of likely N-dealkylation sites (tertiary alicyclic amines) is 1. The first kappa shape index (κ1) is 18.7. The Hall–Kier alpha value is -3.06. The number of amides is 1. The fourth-order valence-electron chi connectivity index (χ4n) is 3.03. The molecule has 0 aliphatic carbocycles. The number of hydrogen-bond donors (Lipinski definition) is 1. The topological polar surface area (TPSA) is 73.7 Å². The number of ketones is 1. The van der Waals surface area contributed by atoms with E-state index in [9.17, 15) is 19.1 Å². The molecule has 1 amide bonds. The van der Waals surface area contributed by atoms with Gasteiger partial charge in [-0.2, -0.15) is 0 Å². The minimum atomic E-state index is -0.795. The highest BCUT2D eigenvalue weighted by Crippen LogP contribution is 2.38. The number of halogens is 1. The van der Waals surface area contributed by atoms with Crippen LogP contribution in [0.5, 0.6) is 0 Å². The molecular weight excluding hydrogens is 349 g/mol. The normalized spacial score (nSPS) is 19.1. The zero-order valence-electron chi connectivity index (χ0n) is 15.1. The standard InChI is InChI=1S/C20H20FN3O3/c1-23(2)11-12-24-17(15-5-3-4-10-22-15)16(19(26)20(24)27)18(25)13-6-8-14(21)9-7-13/h3-10,17,25H,11-12H2,1-2H3/b18-16+. The van der Waals surface area contributed by atoms with E-state index in [1.807, 2.05) is 19.0 Å². The van der Waals surface area contributed by atoms with Crippen molar-refractivity contribution < 1.29 is 19.1 Å². The number of aliphatic hydroxyl groups is 1. The van der Waals surface area contributed by atoms with Gasteiger partial charge in [0.15, 0.2) is 0 Å². The van der Waals surface area contributed by atoms with E-state index in [0.717, 1.165) is 0 Å². The summed E-state index contributed by atoms with van der Waals surface area (Å²) in [4.78, 5) is 32.9. The maximum atomic E-state index is 13.2. The Labute approximate surface area is 156 Å². The van der Waals surface area contributed by atoms with Gasteiger partial charge in [-0.1, -0.05) is 6.07 Å². The summed E-state index contributed by atoms with van der Waals surface area (Å²) >= 11 is 0. The average Bonchev–Trinajstić information content (AvgIpc) is 2.91. The molecule has 1 atom stereocenters. The van der Waals surface area contributed by atoms with Gasteiger partial charge in [-0.05, 0) is 50.5 Å². The lowest BCUT2D eigenvalue weighted by atomic mass is 9.98. The summed E-state index contributed by atoms with van der Waals surface area (Å²) in [6, 6.07) is 9.51. The molecule has 3 rings (SSSR count). The van der Waals surface area contributed by atoms with Crippen LogP contribution in [0.4, 0.5) is 4.39 Å². The molecule has 1 fully saturated rings. The number of aromatic nitrogens is 1. The van der Waals surface area contributed by atoms with E-state index in [4.69, 9.17) is 0 Å². The second-order valence-electron chi connectivity index (χ2n) is 6.56. The van der Waals surface area contributed by atoms with E-state index in [2.05, 4.69) is 4.98 Å². The first-order valence-corrected chi connectivity index (χ1v) is 8.50. The predicted molar refractivity (Wildman–Crippen MR) is 98.2 cm³/mol. The fraction of sp³-hybridized carbons (Fsp3) is 0.250. The van der Waals surface area contributed by atoms with E-state index in [1.165, 1.54) is 29.2 Å². The first-order valence-electron chi connectivity index (χ1n) is 8.50. The van der Waals surface area contributed by atoms with Gasteiger partial charge in [0.25, 0.3) is 11.7 Å². The fourth-order valence-corrected chi connectivity index (χ4v) is 3.03. The van der Waals surface area contributed by atoms with E-state index in [-0.39, 0.29) is 16.9 Å². The highest BCUT2D eigenvalue weighted by atomic mass is 19.1. The molecule has 1 saturated heterocycles. The van der Waals surface area contributed by atoms with Gasteiger partial charge in [0.05, 0.1) is 11.3 Å². The van der Waals surface area contributed by atoms with Crippen LogP contribution in [-0.2, 0) is 9.59 Å². The maximum absolute atomic E-state index is 13.2. The van der Waals surface area contributed by atoms with Crippen molar-refractivity contribution in [2.24, 2.45) is 0 Å². The molecule has 1 N–H and O–H groups in total. The minimum Gasteiger partial charge on any atom is -0.507 e. The highest BCUT2D eigenvalue weighted by molar-refractivity contribution is 6.46. The number of Topliss-reactive ketones (excluding diaryl/α,β-unsaturated/α-hetero) is 1. The molecule has 6 nitrogen and oxygen atoms in total. The number of aliphatic hydroxyl groups excluding tert-OH is 1. The summed E-state index contributed by atoms with van der Waals surface area (Å²) < 4.78 is 13.2. The van der Waals surface area contributed by atoms with Crippen molar-refractivity contribution in [2.75, 3.05) is 27.2 Å². The maximum Gasteiger partial charge on any atom is 0.295 e. The summed E-state index contributed by atoms with van der Waals surface area (Å²) in [5, 5.41) is 10.7. The van der Waals surface area contributed by atoms with Crippen LogP contribution in [-0.4, -0.2) is 58.8 Å². The molecule has 0 bridgehead atoms. The van der Waals surface area contributed by atoms with Crippen LogP contribution < -0.4 is 0 Å². The Balaban J connectivity index is 2.12. The van der Waals surface area contributed by atoms with Crippen LogP contribution in [0, 0.1) is 5.82 Å². The van der Waals surface area contributed by atoms with E-state index >= 15 is 0 Å². The number of pyridine rings is 1. The van der Waals surface area contributed by atoms with Gasteiger partial charge >= 0.3 is 0 Å². The van der Waals surface area contributed by atoms with Crippen molar-refractivity contribution in [2.45, 2.75) is 6.04 Å². The molecule has 2 heterocycles. The van der Waals surface area contributed by atoms with Crippen molar-refractivity contribution in [1.82, 2.24) is 14.8 Å². The van der Waals surface area contributed by atoms with Crippen LogP contribution in [0.3, 0.4) is 0 Å². The van der Waals surface area contributed by atoms with Crippen molar-refractivity contribution in [3.8, 4) is 0 Å². The number of hydrogen-bond acceptors (Lipinski definition) is 5. The average molecular weight is 369 g/mol. The van der Waals surface area contributed by atoms with Crippen molar-refractivity contribution in [1.29, 1.82) is 0 Å². The number of carbonyl (C=O) groups is 2. The smallest absolute Gasteiger partial charge is 0.295 e. The summed E-state index contributed by atoms with van der Waals surface area (Å²) in [5.41, 5.74) is 0.714. The van der Waals surface area contributed by atoms with E-state index in [0.29, 0.717) is 18.8 Å². The molecule has 0 radical (unpaired) electrons. The van der Waals surface area contributed by atoms with Gasteiger partial charge in [-0.3, -0.25) is 14.6 Å². The SMILES string of the molecule is CN(C)CCN1C(=O)C(=O)/C(=C(/O)c2ccc(F)cc2)C1c1ccccn1. The first-order chi connectivity index (χ1) is 12.9. The van der Waals surface area contributed by atoms with E-state index < -0.39 is 23.5 Å². The van der Waals surface area contributed by atoms with Gasteiger partial charge < -0.3 is 14.9 Å². The van der Waals surface area contributed by atoms with Gasteiger partial charge in [-0.25, -0.2) is 4.39 Å². The second kappa shape index (κ2) is 7.67. The van der Waals surface area contributed by atoms with Gasteiger partial charge in [0, 0.05) is 24.8 Å². The molecule has 140 valence electrons. The molecule has 0 spiro atoms. The zero-order chi connectivity index (χ0) is 19.6. The molecule has 1 unspecified atom stereocenters. The lowest BCUT2D eigenvalue weighted by Gasteiger charge is -2.25. The molecule has 27 heavy (non-hydrogen) atoms. The summed E-state index contributed by atoms with van der Waals surface area (Å²) in [6.45, 7) is 0.853. The minimum absolute atomic E-state index is 0.0379. The zero-order valence-corrected chi connectivity index (χ0v) is 15.1. The number of carbonyl (C=O) groups excluding carboxylic acids is 2. The van der Waals surface area contributed by atoms with Crippen LogP contribution in [0.25, 0.3) is 5.76 Å². The number of likely N-dealkylation sites (N-methyl/N-ethyl adjacent to an activating group) is 1. The van der Waals surface area contributed by atoms with Crippen LogP contribution in [0.2, 0.25) is 0 Å². The predicted octanol–water partition coefficient (Wildman–Crippen LogP) is 2.20. The monoisotopic (exact) mass is 369 g/mol. The van der Waals surface area contributed by atoms with Crippen molar-refractivity contribution in [3.05, 3.63) is 71.3 Å². The Morgan fingerprint density at radius 3 is 2.48 bits per heavy atom. The van der Waals surface area contributed by atoms with Crippen LogP contribution in [0.15, 0.2) is 54.2 Å². The summed E-state index contributed by atoms with van der Waals surface area (Å²) in [6.07, 6.45) is 1.57. The molecule has 1 aliphatic heterocycles. The molecule has 1 aromatic heterocycles. The summed E-state index contributed by atoms with van der Waals surface area (Å²) in [7, 11) is 3.73. The third-order valence-electron chi connectivity index (χ3n) is 4.41. The molecule has 1 aliphatic rings. The van der Waals surface area contributed by atoms with Gasteiger partial charge in [-0.15, -0.1) is 0 Å². The van der Waals surface area contributed by atoms with E-state index in [1.54, 1.807) is 24.4 Å². The third kappa shape index (κ3) is 3.73. The Kier molecular flexibility index (Phi) is 5.32.